The number of hydrogen-bond donors (Lipinski definition) is 1. The first kappa shape index (κ1) is 21.6. The Morgan fingerprint density at radius 3 is 2.72 bits per heavy atom. The number of pyridine rings is 1. The summed E-state index contributed by atoms with van der Waals surface area (Å²) in [5.41, 5.74) is 10.2. The number of nitrogens with two attached hydrogens (primary N) is 1. The number of benzene rings is 1. The molecule has 2 unspecified atom stereocenters. The van der Waals surface area contributed by atoms with Crippen LogP contribution >= 0.6 is 11.8 Å². The maximum Gasteiger partial charge on any atom is 0.234 e. The van der Waals surface area contributed by atoms with Gasteiger partial charge in [-0.25, -0.2) is 0 Å². The second-order valence-electron chi connectivity index (χ2n) is 7.59. The maximum atomic E-state index is 13.0. The van der Waals surface area contributed by atoms with Gasteiger partial charge < -0.3 is 10.6 Å². The Morgan fingerprint density at radius 1 is 1.31 bits per heavy atom. The number of rotatable bonds is 9. The standard InChI is InChI=1S/C24H31N3OS/c1-4-18(3)27-23(28)17-29-24(27,13-6-7-14-25)22-12-15-26-16-21(22)20-10-8-19(5-2)9-11-20/h5,8-12,15-16,18H,2,4,6-7,13-14,17,25H2,1,3H3. The predicted molar refractivity (Wildman–Crippen MR) is 123 cm³/mol. The van der Waals surface area contributed by atoms with Gasteiger partial charge in [-0.1, -0.05) is 43.8 Å². The lowest BCUT2D eigenvalue weighted by Gasteiger charge is -2.42. The van der Waals surface area contributed by atoms with Gasteiger partial charge >= 0.3 is 0 Å². The highest BCUT2D eigenvalue weighted by atomic mass is 32.2. The molecule has 0 saturated carbocycles. The fraction of sp³-hybridized carbons (Fsp3) is 0.417. The number of aromatic nitrogens is 1. The van der Waals surface area contributed by atoms with Gasteiger partial charge in [-0.15, -0.1) is 11.8 Å². The number of thioether (sulfide) groups is 1. The molecule has 0 bridgehead atoms. The highest BCUT2D eigenvalue weighted by molar-refractivity contribution is 8.01. The topological polar surface area (TPSA) is 59.2 Å². The maximum absolute atomic E-state index is 13.0. The molecule has 2 N–H and O–H groups in total. The van der Waals surface area contributed by atoms with Crippen LogP contribution in [0.3, 0.4) is 0 Å². The first-order valence-electron chi connectivity index (χ1n) is 10.4. The highest BCUT2D eigenvalue weighted by Gasteiger charge is 2.49. The van der Waals surface area contributed by atoms with Crippen molar-refractivity contribution in [2.75, 3.05) is 12.3 Å². The van der Waals surface area contributed by atoms with Crippen LogP contribution in [0.4, 0.5) is 0 Å². The van der Waals surface area contributed by atoms with Crippen molar-refractivity contribution in [1.82, 2.24) is 9.88 Å². The van der Waals surface area contributed by atoms with Gasteiger partial charge in [0.15, 0.2) is 0 Å². The summed E-state index contributed by atoms with van der Waals surface area (Å²) < 4.78 is 0. The zero-order chi connectivity index (χ0) is 20.9. The monoisotopic (exact) mass is 409 g/mol. The Labute approximate surface area is 178 Å². The Kier molecular flexibility index (Phi) is 7.14. The van der Waals surface area contributed by atoms with Gasteiger partial charge in [0, 0.05) is 24.0 Å². The number of carbonyl (C=O) groups is 1. The van der Waals surface area contributed by atoms with Crippen molar-refractivity contribution in [2.45, 2.75) is 50.4 Å². The van der Waals surface area contributed by atoms with Crippen LogP contribution in [0, 0.1) is 0 Å². The van der Waals surface area contributed by atoms with Crippen LogP contribution in [0.2, 0.25) is 0 Å². The molecule has 0 aliphatic carbocycles. The minimum absolute atomic E-state index is 0.180. The lowest BCUT2D eigenvalue weighted by molar-refractivity contribution is -0.133. The molecule has 154 valence electrons. The molecule has 4 nitrogen and oxygen atoms in total. The molecule has 2 atom stereocenters. The molecule has 2 aromatic rings. The van der Waals surface area contributed by atoms with E-state index in [9.17, 15) is 4.79 Å². The van der Waals surface area contributed by atoms with Crippen LogP contribution in [0.1, 0.15) is 50.7 Å². The van der Waals surface area contributed by atoms with E-state index in [4.69, 9.17) is 5.73 Å². The van der Waals surface area contributed by atoms with Crippen LogP contribution in [0.25, 0.3) is 17.2 Å². The molecule has 1 aliphatic rings. The summed E-state index contributed by atoms with van der Waals surface area (Å²) in [6, 6.07) is 10.6. The van der Waals surface area contributed by atoms with Gasteiger partial charge in [-0.3, -0.25) is 9.78 Å². The molecule has 1 amide bonds. The SMILES string of the molecule is C=Cc1ccc(-c2cnccc2C2(CCCCN)SCC(=O)N2C(C)CC)cc1. The van der Waals surface area contributed by atoms with E-state index in [0.29, 0.717) is 12.3 Å². The van der Waals surface area contributed by atoms with Gasteiger partial charge in [-0.2, -0.15) is 0 Å². The minimum Gasteiger partial charge on any atom is -0.330 e. The fourth-order valence-corrected chi connectivity index (χ4v) is 5.66. The van der Waals surface area contributed by atoms with Crippen LogP contribution in [0.15, 0.2) is 49.3 Å². The van der Waals surface area contributed by atoms with E-state index in [1.165, 1.54) is 5.56 Å². The van der Waals surface area contributed by atoms with Crippen LogP contribution in [0.5, 0.6) is 0 Å². The molecule has 1 fully saturated rings. The van der Waals surface area contributed by atoms with E-state index in [2.05, 4.69) is 60.6 Å². The molecular weight excluding hydrogens is 378 g/mol. The van der Waals surface area contributed by atoms with Gasteiger partial charge in [-0.05, 0) is 61.9 Å². The van der Waals surface area contributed by atoms with Crippen molar-refractivity contribution in [3.63, 3.8) is 0 Å². The summed E-state index contributed by atoms with van der Waals surface area (Å²) in [6.45, 7) is 8.81. The van der Waals surface area contributed by atoms with Crippen LogP contribution in [-0.2, 0) is 9.67 Å². The van der Waals surface area contributed by atoms with E-state index < -0.39 is 0 Å². The number of unbranched alkanes of at least 4 members (excludes halogenated alkanes) is 1. The van der Waals surface area contributed by atoms with Crippen LogP contribution in [-0.4, -0.2) is 34.1 Å². The van der Waals surface area contributed by atoms with Crippen molar-refractivity contribution in [3.8, 4) is 11.1 Å². The normalized spacial score (nSPS) is 20.1. The summed E-state index contributed by atoms with van der Waals surface area (Å²) in [4.78, 5) is 19.2. The van der Waals surface area contributed by atoms with E-state index in [1.807, 2.05) is 18.5 Å². The van der Waals surface area contributed by atoms with Gasteiger partial charge in [0.2, 0.25) is 5.91 Å². The summed E-state index contributed by atoms with van der Waals surface area (Å²) in [5.74, 6) is 0.742. The molecule has 1 aliphatic heterocycles. The molecular formula is C24H31N3OS. The molecule has 3 rings (SSSR count). The zero-order valence-corrected chi connectivity index (χ0v) is 18.3. The molecule has 5 heteroatoms. The molecule has 1 saturated heterocycles. The lowest BCUT2D eigenvalue weighted by Crippen LogP contribution is -2.47. The Hall–Kier alpha value is -2.11. The Bertz CT molecular complexity index is 851. The summed E-state index contributed by atoms with van der Waals surface area (Å²) in [7, 11) is 0. The van der Waals surface area contributed by atoms with Crippen LogP contribution < -0.4 is 5.73 Å². The summed E-state index contributed by atoms with van der Waals surface area (Å²) >= 11 is 1.76. The molecule has 1 aromatic heterocycles. The average molecular weight is 410 g/mol. The molecule has 0 spiro atoms. The van der Waals surface area contributed by atoms with Crippen molar-refractivity contribution < 1.29 is 4.79 Å². The highest BCUT2D eigenvalue weighted by Crippen LogP contribution is 2.52. The van der Waals surface area contributed by atoms with Crippen molar-refractivity contribution in [3.05, 3.63) is 60.4 Å². The predicted octanol–water partition coefficient (Wildman–Crippen LogP) is 5.05. The van der Waals surface area contributed by atoms with E-state index >= 15 is 0 Å². The number of carbonyl (C=O) groups excluding carboxylic acids is 1. The third kappa shape index (κ3) is 4.26. The van der Waals surface area contributed by atoms with Gasteiger partial charge in [0.1, 0.15) is 4.87 Å². The summed E-state index contributed by atoms with van der Waals surface area (Å²) in [6.07, 6.45) is 9.39. The second-order valence-corrected chi connectivity index (χ2v) is 8.84. The Morgan fingerprint density at radius 2 is 2.07 bits per heavy atom. The quantitative estimate of drug-likeness (QED) is 0.589. The van der Waals surface area contributed by atoms with Crippen molar-refractivity contribution in [1.29, 1.82) is 0 Å². The summed E-state index contributed by atoms with van der Waals surface area (Å²) in [5, 5.41) is 0. The fourth-order valence-electron chi connectivity index (χ4n) is 4.11. The molecule has 29 heavy (non-hydrogen) atoms. The third-order valence-corrected chi connectivity index (χ3v) is 7.28. The molecule has 1 aromatic carbocycles. The molecule has 0 radical (unpaired) electrons. The average Bonchev–Trinajstić information content (AvgIpc) is 3.10. The van der Waals surface area contributed by atoms with E-state index in [1.54, 1.807) is 11.8 Å². The Balaban J connectivity index is 2.13. The third-order valence-electron chi connectivity index (χ3n) is 5.79. The minimum atomic E-state index is -0.378. The largest absolute Gasteiger partial charge is 0.330 e. The van der Waals surface area contributed by atoms with Crippen molar-refractivity contribution in [2.24, 2.45) is 5.73 Å². The number of nitrogens with zero attached hydrogens (tertiary/aromatic N) is 2. The smallest absolute Gasteiger partial charge is 0.234 e. The zero-order valence-electron chi connectivity index (χ0n) is 17.4. The first-order valence-corrected chi connectivity index (χ1v) is 11.4. The second kappa shape index (κ2) is 9.59. The number of amides is 1. The van der Waals surface area contributed by atoms with E-state index in [0.717, 1.165) is 42.4 Å². The first-order chi connectivity index (χ1) is 14.1. The number of hydrogen-bond acceptors (Lipinski definition) is 4. The lowest BCUT2D eigenvalue weighted by atomic mass is 9.90. The van der Waals surface area contributed by atoms with Crippen molar-refractivity contribution >= 4 is 23.7 Å². The van der Waals surface area contributed by atoms with Gasteiger partial charge in [0.05, 0.1) is 5.75 Å². The van der Waals surface area contributed by atoms with E-state index in [-0.39, 0.29) is 16.8 Å². The molecule has 2 heterocycles. The van der Waals surface area contributed by atoms with Gasteiger partial charge in [0.25, 0.3) is 0 Å².